The number of hydrogen-bond acceptors (Lipinski definition) is 2. The molecule has 0 atom stereocenters. The average molecular weight is 151 g/mol. The zero-order chi connectivity index (χ0) is 7.94. The van der Waals surface area contributed by atoms with E-state index in [4.69, 9.17) is 0 Å². The van der Waals surface area contributed by atoms with Crippen LogP contribution in [-0.2, 0) is 4.79 Å². The molecule has 0 amide bonds. The normalized spacial score (nSPS) is 16.9. The molecule has 2 heteroatoms. The lowest BCUT2D eigenvalue weighted by Crippen LogP contribution is -1.93. The lowest BCUT2D eigenvalue weighted by Gasteiger charge is -2.10. The van der Waals surface area contributed by atoms with Gasteiger partial charge in [-0.15, -0.1) is 0 Å². The van der Waals surface area contributed by atoms with E-state index in [1.54, 1.807) is 6.08 Å². The molecule has 0 aliphatic heterocycles. The van der Waals surface area contributed by atoms with Crippen LogP contribution in [0.2, 0.25) is 0 Å². The third-order valence-electron chi connectivity index (χ3n) is 1.99. The topological polar surface area (TPSA) is 29.4 Å². The van der Waals surface area contributed by atoms with E-state index in [9.17, 15) is 4.79 Å². The molecule has 0 N–H and O–H groups in total. The van der Waals surface area contributed by atoms with Crippen molar-refractivity contribution in [3.05, 3.63) is 11.6 Å². The number of rotatable bonds is 3. The van der Waals surface area contributed by atoms with Crippen molar-refractivity contribution in [3.8, 4) is 0 Å². The summed E-state index contributed by atoms with van der Waals surface area (Å²) in [6.45, 7) is 0.620. The highest BCUT2D eigenvalue weighted by molar-refractivity contribution is 5.32. The van der Waals surface area contributed by atoms with Crippen molar-refractivity contribution in [2.24, 2.45) is 4.99 Å². The van der Waals surface area contributed by atoms with Gasteiger partial charge in [0.2, 0.25) is 6.08 Å². The molecular formula is C9H13NO. The monoisotopic (exact) mass is 151 g/mol. The summed E-state index contributed by atoms with van der Waals surface area (Å²) in [6, 6.07) is 0. The predicted molar refractivity (Wildman–Crippen MR) is 44.2 cm³/mol. The zero-order valence-electron chi connectivity index (χ0n) is 6.68. The highest BCUT2D eigenvalue weighted by Gasteiger charge is 2.01. The molecule has 0 aromatic carbocycles. The molecule has 0 spiro atoms. The maximum atomic E-state index is 9.74. The van der Waals surface area contributed by atoms with Gasteiger partial charge in [0.15, 0.2) is 0 Å². The molecule has 0 saturated heterocycles. The summed E-state index contributed by atoms with van der Waals surface area (Å²) < 4.78 is 0. The standard InChI is InChI=1S/C9H13NO/c11-8-10-7-6-9-4-2-1-3-5-9/h4H,1-3,5-7H2. The zero-order valence-corrected chi connectivity index (χ0v) is 6.68. The average Bonchev–Trinajstić information content (AvgIpc) is 2.07. The number of aliphatic imine (C=N–C) groups is 1. The van der Waals surface area contributed by atoms with Crippen LogP contribution in [0.15, 0.2) is 16.6 Å². The fraction of sp³-hybridized carbons (Fsp3) is 0.667. The maximum Gasteiger partial charge on any atom is 0.234 e. The van der Waals surface area contributed by atoms with Crippen LogP contribution in [0.25, 0.3) is 0 Å². The Kier molecular flexibility index (Phi) is 3.63. The van der Waals surface area contributed by atoms with Gasteiger partial charge in [-0.05, 0) is 32.1 Å². The Hall–Kier alpha value is -0.880. The van der Waals surface area contributed by atoms with E-state index in [0.717, 1.165) is 6.42 Å². The largest absolute Gasteiger partial charge is 0.234 e. The van der Waals surface area contributed by atoms with Gasteiger partial charge in [-0.25, -0.2) is 9.79 Å². The molecule has 2 nitrogen and oxygen atoms in total. The van der Waals surface area contributed by atoms with Crippen LogP contribution in [0.4, 0.5) is 0 Å². The molecule has 0 fully saturated rings. The fourth-order valence-electron chi connectivity index (χ4n) is 1.38. The molecule has 0 unspecified atom stereocenters. The van der Waals surface area contributed by atoms with Gasteiger partial charge in [-0.2, -0.15) is 0 Å². The van der Waals surface area contributed by atoms with Crippen LogP contribution in [0.3, 0.4) is 0 Å². The highest BCUT2D eigenvalue weighted by atomic mass is 16.1. The second-order valence-electron chi connectivity index (χ2n) is 2.83. The van der Waals surface area contributed by atoms with Gasteiger partial charge in [0.1, 0.15) is 0 Å². The van der Waals surface area contributed by atoms with Gasteiger partial charge in [0, 0.05) is 0 Å². The van der Waals surface area contributed by atoms with Gasteiger partial charge < -0.3 is 0 Å². The molecule has 0 aromatic rings. The van der Waals surface area contributed by atoms with Crippen molar-refractivity contribution >= 4 is 6.08 Å². The smallest absolute Gasteiger partial charge is 0.211 e. The molecule has 0 aromatic heterocycles. The first-order valence-electron chi connectivity index (χ1n) is 4.15. The minimum Gasteiger partial charge on any atom is -0.211 e. The van der Waals surface area contributed by atoms with E-state index < -0.39 is 0 Å². The van der Waals surface area contributed by atoms with E-state index >= 15 is 0 Å². The fourth-order valence-corrected chi connectivity index (χ4v) is 1.38. The molecule has 1 aliphatic carbocycles. The molecule has 60 valence electrons. The van der Waals surface area contributed by atoms with Gasteiger partial charge in [-0.1, -0.05) is 11.6 Å². The predicted octanol–water partition coefficient (Wildman–Crippen LogP) is 2.21. The molecule has 1 aliphatic rings. The lowest BCUT2D eigenvalue weighted by molar-refractivity contribution is 0.562. The van der Waals surface area contributed by atoms with Gasteiger partial charge >= 0.3 is 0 Å². The maximum absolute atomic E-state index is 9.74. The molecule has 1 rings (SSSR count). The number of isocyanates is 1. The Morgan fingerprint density at radius 2 is 2.45 bits per heavy atom. The minimum atomic E-state index is 0.620. The highest BCUT2D eigenvalue weighted by Crippen LogP contribution is 2.19. The van der Waals surface area contributed by atoms with Crippen molar-refractivity contribution in [2.45, 2.75) is 32.1 Å². The molecule has 0 heterocycles. The number of allylic oxidation sites excluding steroid dienone is 1. The third kappa shape index (κ3) is 3.15. The Bertz CT molecular complexity index is 190. The van der Waals surface area contributed by atoms with Crippen LogP contribution < -0.4 is 0 Å². The molecular weight excluding hydrogens is 138 g/mol. The first-order valence-corrected chi connectivity index (χ1v) is 4.15. The number of carbonyl (C=O) groups excluding carboxylic acids is 1. The summed E-state index contributed by atoms with van der Waals surface area (Å²) in [7, 11) is 0. The van der Waals surface area contributed by atoms with Crippen LogP contribution in [-0.4, -0.2) is 12.6 Å². The number of nitrogens with zero attached hydrogens (tertiary/aromatic N) is 1. The van der Waals surface area contributed by atoms with Crippen molar-refractivity contribution in [1.82, 2.24) is 0 Å². The molecule has 0 radical (unpaired) electrons. The third-order valence-corrected chi connectivity index (χ3v) is 1.99. The van der Waals surface area contributed by atoms with Gasteiger partial charge in [0.25, 0.3) is 0 Å². The summed E-state index contributed by atoms with van der Waals surface area (Å²) in [6.07, 6.45) is 9.82. The quantitative estimate of drug-likeness (QED) is 0.345. The lowest BCUT2D eigenvalue weighted by atomic mass is 9.97. The summed E-state index contributed by atoms with van der Waals surface area (Å²) in [5.74, 6) is 0. The van der Waals surface area contributed by atoms with E-state index in [-0.39, 0.29) is 0 Å². The van der Waals surface area contributed by atoms with Crippen LogP contribution in [0.5, 0.6) is 0 Å². The first-order chi connectivity index (χ1) is 5.43. The van der Waals surface area contributed by atoms with Crippen molar-refractivity contribution in [3.63, 3.8) is 0 Å². The Morgan fingerprint density at radius 1 is 1.55 bits per heavy atom. The van der Waals surface area contributed by atoms with Crippen LogP contribution in [0.1, 0.15) is 32.1 Å². The summed E-state index contributed by atoms with van der Waals surface area (Å²) in [5.41, 5.74) is 1.47. The second-order valence-corrected chi connectivity index (χ2v) is 2.83. The Morgan fingerprint density at radius 3 is 3.09 bits per heavy atom. The summed E-state index contributed by atoms with van der Waals surface area (Å²) in [4.78, 5) is 13.3. The Balaban J connectivity index is 2.24. The molecule has 11 heavy (non-hydrogen) atoms. The minimum absolute atomic E-state index is 0.620. The van der Waals surface area contributed by atoms with Crippen LogP contribution in [0, 0.1) is 0 Å². The van der Waals surface area contributed by atoms with Crippen molar-refractivity contribution < 1.29 is 4.79 Å². The van der Waals surface area contributed by atoms with E-state index in [1.807, 2.05) is 0 Å². The van der Waals surface area contributed by atoms with E-state index in [2.05, 4.69) is 11.1 Å². The van der Waals surface area contributed by atoms with Crippen LogP contribution >= 0.6 is 0 Å². The first kappa shape index (κ1) is 8.22. The van der Waals surface area contributed by atoms with Gasteiger partial charge in [0.05, 0.1) is 6.54 Å². The molecule has 0 bridgehead atoms. The van der Waals surface area contributed by atoms with E-state index in [0.29, 0.717) is 6.54 Å². The summed E-state index contributed by atoms with van der Waals surface area (Å²) in [5, 5.41) is 0. The Labute approximate surface area is 67.0 Å². The summed E-state index contributed by atoms with van der Waals surface area (Å²) >= 11 is 0. The SMILES string of the molecule is O=C=NCCC1=CCCCC1. The van der Waals surface area contributed by atoms with E-state index in [1.165, 1.54) is 31.3 Å². The number of hydrogen-bond donors (Lipinski definition) is 0. The molecule has 0 saturated carbocycles. The second kappa shape index (κ2) is 4.86. The van der Waals surface area contributed by atoms with Crippen molar-refractivity contribution in [1.29, 1.82) is 0 Å². The van der Waals surface area contributed by atoms with Gasteiger partial charge in [-0.3, -0.25) is 0 Å². The van der Waals surface area contributed by atoms with Crippen molar-refractivity contribution in [2.75, 3.05) is 6.54 Å².